The van der Waals surface area contributed by atoms with E-state index in [1.54, 1.807) is 0 Å². The number of hydrogen-bond acceptors (Lipinski definition) is 4. The third-order valence-corrected chi connectivity index (χ3v) is 4.82. The molecule has 0 bridgehead atoms. The van der Waals surface area contributed by atoms with E-state index in [-0.39, 0.29) is 18.1 Å². The molecule has 4 nitrogen and oxygen atoms in total. The molecule has 1 aliphatic heterocycles. The summed E-state index contributed by atoms with van der Waals surface area (Å²) in [5.41, 5.74) is -0.131. The number of carbonyl (C=O) groups is 1. The summed E-state index contributed by atoms with van der Waals surface area (Å²) in [6, 6.07) is 0. The van der Waals surface area contributed by atoms with Crippen LogP contribution in [-0.2, 0) is 9.53 Å². The summed E-state index contributed by atoms with van der Waals surface area (Å²) in [5, 5.41) is 6.09. The Kier molecular flexibility index (Phi) is 3.47. The van der Waals surface area contributed by atoms with Gasteiger partial charge in [-0.25, -0.2) is 0 Å². The highest BCUT2D eigenvalue weighted by molar-refractivity contribution is 8.00. The molecule has 2 aliphatic rings. The molecular formula is C11H20N2O2S. The topological polar surface area (TPSA) is 50.4 Å². The van der Waals surface area contributed by atoms with Crippen molar-refractivity contribution in [3.05, 3.63) is 0 Å². The van der Waals surface area contributed by atoms with E-state index in [1.807, 2.05) is 18.7 Å². The summed E-state index contributed by atoms with van der Waals surface area (Å²) < 4.78 is 5.90. The lowest BCUT2D eigenvalue weighted by Gasteiger charge is -2.38. The Labute approximate surface area is 101 Å². The van der Waals surface area contributed by atoms with Gasteiger partial charge in [0, 0.05) is 24.4 Å². The van der Waals surface area contributed by atoms with Gasteiger partial charge in [0.05, 0.1) is 5.60 Å². The van der Waals surface area contributed by atoms with Crippen LogP contribution in [0, 0.1) is 0 Å². The number of hydrogen-bond donors (Lipinski definition) is 2. The van der Waals surface area contributed by atoms with Crippen LogP contribution in [0.25, 0.3) is 0 Å². The number of rotatable bonds is 6. The van der Waals surface area contributed by atoms with Gasteiger partial charge in [-0.3, -0.25) is 4.79 Å². The zero-order valence-electron chi connectivity index (χ0n) is 9.97. The maximum Gasteiger partial charge on any atom is 0.246 e. The van der Waals surface area contributed by atoms with E-state index in [2.05, 4.69) is 16.9 Å². The van der Waals surface area contributed by atoms with Crippen LogP contribution in [0.15, 0.2) is 0 Å². The second-order valence-electron chi connectivity index (χ2n) is 5.01. The van der Waals surface area contributed by atoms with Crippen molar-refractivity contribution < 1.29 is 9.53 Å². The Balaban J connectivity index is 1.61. The predicted octanol–water partition coefficient (Wildman–Crippen LogP) is 0.377. The number of carbonyl (C=O) groups excluding carboxylic acids is 1. The molecule has 1 saturated carbocycles. The molecule has 0 atom stereocenters. The number of ether oxygens (including phenoxy) is 1. The van der Waals surface area contributed by atoms with E-state index >= 15 is 0 Å². The molecule has 0 unspecified atom stereocenters. The van der Waals surface area contributed by atoms with Gasteiger partial charge in [-0.1, -0.05) is 0 Å². The average molecular weight is 244 g/mol. The second kappa shape index (κ2) is 4.55. The third kappa shape index (κ3) is 2.90. The van der Waals surface area contributed by atoms with Crippen LogP contribution in [0.4, 0.5) is 0 Å². The van der Waals surface area contributed by atoms with Gasteiger partial charge in [0.25, 0.3) is 0 Å². The van der Waals surface area contributed by atoms with Crippen LogP contribution in [0.3, 0.4) is 0 Å². The smallest absolute Gasteiger partial charge is 0.246 e. The maximum absolute atomic E-state index is 11.6. The van der Waals surface area contributed by atoms with E-state index in [0.29, 0.717) is 4.75 Å². The summed E-state index contributed by atoms with van der Waals surface area (Å²) in [4.78, 5) is 11.6. The first kappa shape index (κ1) is 12.2. The molecule has 0 aromatic carbocycles. The van der Waals surface area contributed by atoms with Gasteiger partial charge in [0.1, 0.15) is 6.61 Å². The van der Waals surface area contributed by atoms with Crippen LogP contribution in [0.1, 0.15) is 19.8 Å². The summed E-state index contributed by atoms with van der Waals surface area (Å²) in [7, 11) is 0. The molecule has 0 radical (unpaired) electrons. The molecule has 0 aromatic heterocycles. The van der Waals surface area contributed by atoms with Crippen molar-refractivity contribution in [2.75, 3.05) is 32.5 Å². The number of thioether (sulfide) groups is 1. The fraction of sp³-hybridized carbons (Fsp3) is 0.909. The molecular weight excluding hydrogens is 224 g/mol. The Morgan fingerprint density at radius 2 is 2.19 bits per heavy atom. The molecule has 2 rings (SSSR count). The first-order chi connectivity index (χ1) is 7.58. The SMILES string of the molecule is CSC1(CNC(=O)COC2(C)CNC2)CC1. The Bertz CT molecular complexity index is 264. The first-order valence-corrected chi connectivity index (χ1v) is 6.97. The van der Waals surface area contributed by atoms with Gasteiger partial charge in [0.2, 0.25) is 5.91 Å². The highest BCUT2D eigenvalue weighted by atomic mass is 32.2. The molecule has 1 aliphatic carbocycles. The molecule has 0 spiro atoms. The van der Waals surface area contributed by atoms with Crippen LogP contribution in [0.2, 0.25) is 0 Å². The quantitative estimate of drug-likeness (QED) is 0.709. The van der Waals surface area contributed by atoms with Crippen LogP contribution in [0.5, 0.6) is 0 Å². The molecule has 2 N–H and O–H groups in total. The van der Waals surface area contributed by atoms with E-state index < -0.39 is 0 Å². The maximum atomic E-state index is 11.6. The Hall–Kier alpha value is -0.260. The van der Waals surface area contributed by atoms with Crippen LogP contribution in [-0.4, -0.2) is 48.8 Å². The Morgan fingerprint density at radius 1 is 1.50 bits per heavy atom. The van der Waals surface area contributed by atoms with E-state index in [1.165, 1.54) is 12.8 Å². The zero-order chi connectivity index (χ0) is 11.6. The highest BCUT2D eigenvalue weighted by Gasteiger charge is 2.42. The zero-order valence-corrected chi connectivity index (χ0v) is 10.8. The van der Waals surface area contributed by atoms with Crippen LogP contribution < -0.4 is 10.6 Å². The minimum Gasteiger partial charge on any atom is -0.363 e. The highest BCUT2D eigenvalue weighted by Crippen LogP contribution is 2.46. The fourth-order valence-corrected chi connectivity index (χ4v) is 2.45. The molecule has 1 heterocycles. The second-order valence-corrected chi connectivity index (χ2v) is 6.28. The number of nitrogens with one attached hydrogen (secondary N) is 2. The molecule has 5 heteroatoms. The molecule has 92 valence electrons. The van der Waals surface area contributed by atoms with Gasteiger partial charge >= 0.3 is 0 Å². The monoisotopic (exact) mass is 244 g/mol. The predicted molar refractivity (Wildman–Crippen MR) is 65.7 cm³/mol. The molecule has 16 heavy (non-hydrogen) atoms. The van der Waals surface area contributed by atoms with Crippen LogP contribution >= 0.6 is 11.8 Å². The lowest BCUT2D eigenvalue weighted by atomic mass is 10.0. The molecule has 2 fully saturated rings. The van der Waals surface area contributed by atoms with Gasteiger partial charge in [-0.15, -0.1) is 0 Å². The van der Waals surface area contributed by atoms with Crippen molar-refractivity contribution >= 4 is 17.7 Å². The van der Waals surface area contributed by atoms with E-state index in [9.17, 15) is 4.79 Å². The fourth-order valence-electron chi connectivity index (χ4n) is 1.72. The third-order valence-electron chi connectivity index (χ3n) is 3.40. The molecule has 1 amide bonds. The van der Waals surface area contributed by atoms with Gasteiger partial charge in [-0.2, -0.15) is 11.8 Å². The normalized spacial score (nSPS) is 24.6. The van der Waals surface area contributed by atoms with Gasteiger partial charge in [0.15, 0.2) is 0 Å². The van der Waals surface area contributed by atoms with E-state index in [4.69, 9.17) is 4.74 Å². The lowest BCUT2D eigenvalue weighted by Crippen LogP contribution is -2.59. The Morgan fingerprint density at radius 3 is 2.62 bits per heavy atom. The minimum absolute atomic E-state index is 0.00782. The summed E-state index contributed by atoms with van der Waals surface area (Å²) in [6.07, 6.45) is 4.55. The van der Waals surface area contributed by atoms with Gasteiger partial charge in [-0.05, 0) is 26.0 Å². The van der Waals surface area contributed by atoms with Crippen molar-refractivity contribution in [2.45, 2.75) is 30.1 Å². The van der Waals surface area contributed by atoms with Crippen molar-refractivity contribution in [1.29, 1.82) is 0 Å². The summed E-state index contributed by atoms with van der Waals surface area (Å²) in [5.74, 6) is 0.00782. The van der Waals surface area contributed by atoms with Crippen molar-refractivity contribution in [1.82, 2.24) is 10.6 Å². The van der Waals surface area contributed by atoms with Crippen molar-refractivity contribution in [2.24, 2.45) is 0 Å². The largest absolute Gasteiger partial charge is 0.363 e. The van der Waals surface area contributed by atoms with Crippen molar-refractivity contribution in [3.63, 3.8) is 0 Å². The summed E-state index contributed by atoms with van der Waals surface area (Å²) >= 11 is 1.85. The summed E-state index contributed by atoms with van der Waals surface area (Å²) in [6.45, 7) is 4.68. The molecule has 1 saturated heterocycles. The van der Waals surface area contributed by atoms with Gasteiger partial charge < -0.3 is 15.4 Å². The van der Waals surface area contributed by atoms with E-state index in [0.717, 1.165) is 19.6 Å². The average Bonchev–Trinajstić information content (AvgIpc) is 3.01. The van der Waals surface area contributed by atoms with Crippen molar-refractivity contribution in [3.8, 4) is 0 Å². The first-order valence-electron chi connectivity index (χ1n) is 5.74. The standard InChI is InChI=1S/C11H20N2O2S/c1-10(6-12-7-10)15-5-9(14)13-8-11(16-2)3-4-11/h12H,3-8H2,1-2H3,(H,13,14). The molecule has 0 aromatic rings. The minimum atomic E-state index is -0.131. The lowest BCUT2D eigenvalue weighted by molar-refractivity contribution is -0.135. The number of amides is 1.